The summed E-state index contributed by atoms with van der Waals surface area (Å²) in [6.07, 6.45) is 6.64. The molecule has 1 aliphatic carbocycles. The van der Waals surface area contributed by atoms with E-state index >= 15 is 0 Å². The van der Waals surface area contributed by atoms with E-state index in [1.807, 2.05) is 0 Å². The Bertz CT molecular complexity index is 2600. The number of hydrogen-bond acceptors (Lipinski definition) is 2. The Labute approximate surface area is 285 Å². The molecule has 6 aromatic carbocycles. The van der Waals surface area contributed by atoms with Crippen LogP contribution in [0.3, 0.4) is 0 Å². The number of aromatic nitrogens is 3. The first kappa shape index (κ1) is 27.7. The average Bonchev–Trinajstić information content (AvgIpc) is 3.69. The molecule has 8 aromatic rings. The Balaban J connectivity index is 1.25. The molecule has 1 aliphatic heterocycles. The van der Waals surface area contributed by atoms with Crippen molar-refractivity contribution in [1.82, 2.24) is 14.1 Å². The van der Waals surface area contributed by atoms with E-state index in [-0.39, 0.29) is 0 Å². The summed E-state index contributed by atoms with van der Waals surface area (Å²) in [6.45, 7) is 0. The molecule has 3 heterocycles. The highest BCUT2D eigenvalue weighted by Gasteiger charge is 2.33. The fraction of sp³-hybridized carbons (Fsp3) is 0.0444. The number of allylic oxidation sites excluding steroid dienone is 3. The Kier molecular flexibility index (Phi) is 6.28. The zero-order chi connectivity index (χ0) is 32.3. The molecule has 0 saturated carbocycles. The van der Waals surface area contributed by atoms with Crippen molar-refractivity contribution in [2.75, 3.05) is 4.90 Å². The molecule has 0 atom stereocenters. The van der Waals surface area contributed by atoms with Crippen molar-refractivity contribution in [3.8, 4) is 34.0 Å². The minimum atomic E-state index is 0.926. The van der Waals surface area contributed by atoms with Gasteiger partial charge in [0.25, 0.3) is 0 Å². The third-order valence-corrected chi connectivity index (χ3v) is 9.92. The molecule has 0 bridgehead atoms. The fourth-order valence-corrected chi connectivity index (χ4v) is 7.88. The molecule has 0 unspecified atom stereocenters. The number of anilines is 2. The summed E-state index contributed by atoms with van der Waals surface area (Å²) < 4.78 is 4.75. The Morgan fingerprint density at radius 1 is 0.551 bits per heavy atom. The van der Waals surface area contributed by atoms with Gasteiger partial charge in [-0.05, 0) is 85.2 Å². The molecule has 0 N–H and O–H groups in total. The summed E-state index contributed by atoms with van der Waals surface area (Å²) in [6, 6.07) is 56.4. The van der Waals surface area contributed by atoms with E-state index in [0.29, 0.717) is 0 Å². The Morgan fingerprint density at radius 3 is 2.06 bits per heavy atom. The van der Waals surface area contributed by atoms with E-state index < -0.39 is 0 Å². The van der Waals surface area contributed by atoms with Crippen molar-refractivity contribution in [2.24, 2.45) is 0 Å². The van der Waals surface area contributed by atoms with Crippen LogP contribution >= 0.6 is 0 Å². The van der Waals surface area contributed by atoms with Gasteiger partial charge in [-0.15, -0.1) is 0 Å². The second-order valence-corrected chi connectivity index (χ2v) is 12.7. The SMILES string of the molecule is C1=CC2=C(CC1)c1c(n(-c3ccccc3)c3ccccc13)-c1ccccc1N2c1cccc(-c2nc3ccccc3n2-c2ccccc2)c1. The second kappa shape index (κ2) is 11.1. The molecular formula is C45H32N4. The molecule has 232 valence electrons. The smallest absolute Gasteiger partial charge is 0.145 e. The summed E-state index contributed by atoms with van der Waals surface area (Å²) in [5.41, 5.74) is 15.3. The van der Waals surface area contributed by atoms with Gasteiger partial charge in [-0.2, -0.15) is 0 Å². The zero-order valence-corrected chi connectivity index (χ0v) is 26.9. The van der Waals surface area contributed by atoms with E-state index in [0.717, 1.165) is 52.3 Å². The van der Waals surface area contributed by atoms with Gasteiger partial charge in [-0.1, -0.05) is 103 Å². The third kappa shape index (κ3) is 4.27. The van der Waals surface area contributed by atoms with Crippen molar-refractivity contribution < 1.29 is 0 Å². The van der Waals surface area contributed by atoms with Gasteiger partial charge in [0.1, 0.15) is 5.82 Å². The predicted octanol–water partition coefficient (Wildman–Crippen LogP) is 11.5. The molecule has 2 aromatic heterocycles. The van der Waals surface area contributed by atoms with Crippen LogP contribution in [-0.2, 0) is 0 Å². The molecular weight excluding hydrogens is 597 g/mol. The van der Waals surface area contributed by atoms with Crippen molar-refractivity contribution in [3.05, 3.63) is 181 Å². The predicted molar refractivity (Wildman–Crippen MR) is 203 cm³/mol. The molecule has 0 radical (unpaired) electrons. The molecule has 4 heteroatoms. The first-order valence-electron chi connectivity index (χ1n) is 17.0. The Hall–Kier alpha value is -6.39. The summed E-state index contributed by atoms with van der Waals surface area (Å²) in [7, 11) is 0. The number of imidazole rings is 1. The lowest BCUT2D eigenvalue weighted by atomic mass is 9.92. The fourth-order valence-electron chi connectivity index (χ4n) is 7.88. The molecule has 0 spiro atoms. The number of benzene rings is 6. The van der Waals surface area contributed by atoms with Crippen LogP contribution in [0.25, 0.3) is 61.5 Å². The van der Waals surface area contributed by atoms with Gasteiger partial charge >= 0.3 is 0 Å². The van der Waals surface area contributed by atoms with Gasteiger partial charge < -0.3 is 9.47 Å². The Morgan fingerprint density at radius 2 is 1.22 bits per heavy atom. The molecule has 10 rings (SSSR count). The van der Waals surface area contributed by atoms with Crippen molar-refractivity contribution in [1.29, 1.82) is 0 Å². The molecule has 4 nitrogen and oxygen atoms in total. The average molecular weight is 629 g/mol. The van der Waals surface area contributed by atoms with Crippen LogP contribution in [-0.4, -0.2) is 14.1 Å². The molecule has 0 fully saturated rings. The van der Waals surface area contributed by atoms with Crippen LogP contribution in [0.4, 0.5) is 11.4 Å². The van der Waals surface area contributed by atoms with Crippen molar-refractivity contribution >= 4 is 38.9 Å². The maximum atomic E-state index is 5.21. The minimum Gasteiger partial charge on any atom is -0.310 e. The lowest BCUT2D eigenvalue weighted by molar-refractivity contribution is 1.02. The van der Waals surface area contributed by atoms with Crippen LogP contribution < -0.4 is 4.90 Å². The third-order valence-electron chi connectivity index (χ3n) is 9.92. The van der Waals surface area contributed by atoms with Gasteiger partial charge in [0.2, 0.25) is 0 Å². The van der Waals surface area contributed by atoms with Crippen molar-refractivity contribution in [2.45, 2.75) is 12.8 Å². The quantitative estimate of drug-likeness (QED) is 0.194. The first-order chi connectivity index (χ1) is 24.3. The van der Waals surface area contributed by atoms with E-state index in [4.69, 9.17) is 4.98 Å². The van der Waals surface area contributed by atoms with E-state index in [2.05, 4.69) is 184 Å². The molecule has 0 saturated heterocycles. The van der Waals surface area contributed by atoms with Crippen LogP contribution in [0, 0.1) is 0 Å². The van der Waals surface area contributed by atoms with Crippen LogP contribution in [0.5, 0.6) is 0 Å². The second-order valence-electron chi connectivity index (χ2n) is 12.7. The van der Waals surface area contributed by atoms with Crippen molar-refractivity contribution in [3.63, 3.8) is 0 Å². The number of fused-ring (bicyclic) bond motifs is 7. The lowest BCUT2D eigenvalue weighted by Gasteiger charge is -2.30. The number of nitrogens with zero attached hydrogens (tertiary/aromatic N) is 4. The highest BCUT2D eigenvalue weighted by atomic mass is 15.2. The first-order valence-corrected chi connectivity index (χ1v) is 17.0. The highest BCUT2D eigenvalue weighted by molar-refractivity contribution is 6.08. The maximum Gasteiger partial charge on any atom is 0.145 e. The van der Waals surface area contributed by atoms with Gasteiger partial charge in [0.05, 0.1) is 27.9 Å². The van der Waals surface area contributed by atoms with Gasteiger partial charge in [0, 0.05) is 44.8 Å². The number of hydrogen-bond donors (Lipinski definition) is 0. The monoisotopic (exact) mass is 628 g/mol. The van der Waals surface area contributed by atoms with E-state index in [9.17, 15) is 0 Å². The van der Waals surface area contributed by atoms with Gasteiger partial charge in [-0.3, -0.25) is 4.57 Å². The minimum absolute atomic E-state index is 0.926. The normalized spacial score (nSPS) is 13.8. The zero-order valence-electron chi connectivity index (χ0n) is 26.9. The van der Waals surface area contributed by atoms with E-state index in [1.165, 1.54) is 44.7 Å². The molecule has 0 amide bonds. The summed E-state index contributed by atoms with van der Waals surface area (Å²) in [4.78, 5) is 7.68. The maximum absolute atomic E-state index is 5.21. The highest BCUT2D eigenvalue weighted by Crippen LogP contribution is 2.52. The lowest BCUT2D eigenvalue weighted by Crippen LogP contribution is -2.18. The number of para-hydroxylation sites is 6. The summed E-state index contributed by atoms with van der Waals surface area (Å²) in [5, 5.41) is 1.28. The molecule has 49 heavy (non-hydrogen) atoms. The number of rotatable bonds is 4. The molecule has 2 aliphatic rings. The van der Waals surface area contributed by atoms with Crippen LogP contribution in [0.15, 0.2) is 176 Å². The summed E-state index contributed by atoms with van der Waals surface area (Å²) in [5.74, 6) is 0.926. The largest absolute Gasteiger partial charge is 0.310 e. The van der Waals surface area contributed by atoms with Gasteiger partial charge in [0.15, 0.2) is 0 Å². The van der Waals surface area contributed by atoms with Gasteiger partial charge in [-0.25, -0.2) is 4.98 Å². The summed E-state index contributed by atoms with van der Waals surface area (Å²) >= 11 is 0. The van der Waals surface area contributed by atoms with E-state index in [1.54, 1.807) is 0 Å². The van der Waals surface area contributed by atoms with Crippen LogP contribution in [0.2, 0.25) is 0 Å². The van der Waals surface area contributed by atoms with Crippen LogP contribution in [0.1, 0.15) is 18.4 Å². The standard InChI is InChI=1S/C45H32N4/c1-3-17-32(18-4-1)48-40-27-12-8-23-36(40)43-35-22-7-11-26-39(35)47(41-28-13-9-24-37(41)44(43)48)34-21-15-16-31(30-34)45-46-38-25-10-14-29-42(38)49(45)33-19-5-2-6-20-33/h1-6,8-21,23-30H,7,22H2. The topological polar surface area (TPSA) is 26.0 Å².